The molecule has 0 aliphatic carbocycles. The number of carbonyl (C=O) groups excluding carboxylic acids is 1. The molecule has 1 aromatic carbocycles. The second kappa shape index (κ2) is 8.63. The molecule has 0 saturated carbocycles. The van der Waals surface area contributed by atoms with E-state index in [1.165, 1.54) is 16.7 Å². The van der Waals surface area contributed by atoms with Gasteiger partial charge in [0.1, 0.15) is 0 Å². The molecule has 2 aliphatic rings. The first kappa shape index (κ1) is 18.2. The topological polar surface area (TPSA) is 32.8 Å². The highest BCUT2D eigenvalue weighted by Crippen LogP contribution is 2.22. The molecule has 0 N–H and O–H groups in total. The second-order valence-corrected chi connectivity index (χ2v) is 7.27. The Labute approximate surface area is 151 Å². The Hall–Kier alpha value is -1.65. The lowest BCUT2D eigenvalue weighted by Gasteiger charge is -2.33. The van der Waals surface area contributed by atoms with E-state index in [0.717, 1.165) is 52.2 Å². The van der Waals surface area contributed by atoms with Crippen molar-refractivity contribution >= 4 is 12.0 Å². The van der Waals surface area contributed by atoms with Crippen LogP contribution in [-0.2, 0) is 9.53 Å². The molecule has 1 amide bonds. The minimum atomic E-state index is 0.277. The number of allylic oxidation sites excluding steroid dienone is 1. The average Bonchev–Trinajstić information content (AvgIpc) is 2.62. The largest absolute Gasteiger partial charge is 0.379 e. The summed E-state index contributed by atoms with van der Waals surface area (Å²) in [4.78, 5) is 16.7. The minimum Gasteiger partial charge on any atom is -0.379 e. The van der Waals surface area contributed by atoms with Gasteiger partial charge in [0.2, 0.25) is 5.91 Å². The highest BCUT2D eigenvalue weighted by molar-refractivity contribution is 5.78. The van der Waals surface area contributed by atoms with Gasteiger partial charge in [-0.25, -0.2) is 0 Å². The van der Waals surface area contributed by atoms with Crippen LogP contribution in [0.2, 0.25) is 0 Å². The van der Waals surface area contributed by atoms with Crippen LogP contribution in [0.25, 0.3) is 6.08 Å². The Morgan fingerprint density at radius 3 is 2.40 bits per heavy atom. The van der Waals surface area contributed by atoms with Gasteiger partial charge in [-0.2, -0.15) is 0 Å². The van der Waals surface area contributed by atoms with Crippen LogP contribution in [0.3, 0.4) is 0 Å². The molecule has 3 rings (SSSR count). The summed E-state index contributed by atoms with van der Waals surface area (Å²) in [5.41, 5.74) is 4.00. The third-order valence-corrected chi connectivity index (χ3v) is 5.43. The average molecular weight is 342 g/mol. The Balaban J connectivity index is 1.48. The van der Waals surface area contributed by atoms with E-state index in [1.54, 1.807) is 0 Å². The molecule has 1 aromatic rings. The maximum absolute atomic E-state index is 12.5. The van der Waals surface area contributed by atoms with Crippen molar-refractivity contribution in [3.8, 4) is 0 Å². The molecular weight excluding hydrogens is 312 g/mol. The molecule has 0 atom stereocenters. The Bertz CT molecular complexity index is 592. The molecular formula is C21H30N2O2. The van der Waals surface area contributed by atoms with E-state index in [4.69, 9.17) is 4.74 Å². The van der Waals surface area contributed by atoms with Crippen LogP contribution in [-0.4, -0.2) is 61.6 Å². The van der Waals surface area contributed by atoms with Crippen molar-refractivity contribution in [2.75, 3.05) is 45.9 Å². The molecule has 0 unspecified atom stereocenters. The van der Waals surface area contributed by atoms with E-state index in [9.17, 15) is 4.79 Å². The molecule has 0 radical (unpaired) electrons. The number of amides is 1. The van der Waals surface area contributed by atoms with Crippen LogP contribution < -0.4 is 0 Å². The van der Waals surface area contributed by atoms with Crippen molar-refractivity contribution in [2.24, 2.45) is 5.92 Å². The quantitative estimate of drug-likeness (QED) is 0.843. The van der Waals surface area contributed by atoms with Gasteiger partial charge in [0, 0.05) is 26.2 Å². The first-order chi connectivity index (χ1) is 12.1. The van der Waals surface area contributed by atoms with Gasteiger partial charge in [-0.1, -0.05) is 30.4 Å². The molecule has 2 aliphatic heterocycles. The van der Waals surface area contributed by atoms with Crippen LogP contribution >= 0.6 is 0 Å². The normalized spacial score (nSPS) is 20.3. The maximum Gasteiger partial charge on any atom is 0.236 e. The predicted octanol–water partition coefficient (Wildman–Crippen LogP) is 2.89. The summed E-state index contributed by atoms with van der Waals surface area (Å²) in [5.74, 6) is 0.852. The molecule has 2 heterocycles. The van der Waals surface area contributed by atoms with Crippen molar-refractivity contribution < 1.29 is 9.53 Å². The summed E-state index contributed by atoms with van der Waals surface area (Å²) < 4.78 is 5.35. The van der Waals surface area contributed by atoms with E-state index >= 15 is 0 Å². The number of morpholine rings is 1. The van der Waals surface area contributed by atoms with Gasteiger partial charge in [0.15, 0.2) is 0 Å². The maximum atomic E-state index is 12.5. The van der Waals surface area contributed by atoms with Gasteiger partial charge >= 0.3 is 0 Å². The number of nitrogens with zero attached hydrogens (tertiary/aromatic N) is 2. The van der Waals surface area contributed by atoms with Gasteiger partial charge in [0.05, 0.1) is 19.8 Å². The Kier molecular flexibility index (Phi) is 6.27. The van der Waals surface area contributed by atoms with Crippen LogP contribution in [0.4, 0.5) is 0 Å². The first-order valence-corrected chi connectivity index (χ1v) is 9.46. The number of ether oxygens (including phenoxy) is 1. The van der Waals surface area contributed by atoms with Gasteiger partial charge in [-0.15, -0.1) is 0 Å². The fourth-order valence-corrected chi connectivity index (χ4v) is 3.71. The van der Waals surface area contributed by atoms with E-state index in [-0.39, 0.29) is 5.91 Å². The molecule has 0 aromatic heterocycles. The summed E-state index contributed by atoms with van der Waals surface area (Å²) in [5, 5.41) is 0. The van der Waals surface area contributed by atoms with Crippen molar-refractivity contribution in [3.05, 3.63) is 41.0 Å². The minimum absolute atomic E-state index is 0.277. The smallest absolute Gasteiger partial charge is 0.236 e. The van der Waals surface area contributed by atoms with Crippen molar-refractivity contribution in [3.63, 3.8) is 0 Å². The fourth-order valence-electron chi connectivity index (χ4n) is 3.71. The number of carbonyl (C=O) groups is 1. The summed E-state index contributed by atoms with van der Waals surface area (Å²) in [7, 11) is 0. The van der Waals surface area contributed by atoms with E-state index in [2.05, 4.69) is 49.1 Å². The number of piperidine rings is 1. The zero-order valence-electron chi connectivity index (χ0n) is 15.5. The van der Waals surface area contributed by atoms with E-state index in [1.807, 2.05) is 4.90 Å². The van der Waals surface area contributed by atoms with E-state index in [0.29, 0.717) is 12.5 Å². The third kappa shape index (κ3) is 4.93. The van der Waals surface area contributed by atoms with Gasteiger partial charge in [0.25, 0.3) is 0 Å². The van der Waals surface area contributed by atoms with Crippen molar-refractivity contribution in [2.45, 2.75) is 26.7 Å². The van der Waals surface area contributed by atoms with Gasteiger partial charge in [-0.3, -0.25) is 9.69 Å². The molecule has 0 spiro atoms. The first-order valence-electron chi connectivity index (χ1n) is 9.46. The third-order valence-electron chi connectivity index (χ3n) is 5.43. The zero-order chi connectivity index (χ0) is 17.6. The molecule has 25 heavy (non-hydrogen) atoms. The monoisotopic (exact) mass is 342 g/mol. The molecule has 4 heteroatoms. The second-order valence-electron chi connectivity index (χ2n) is 7.27. The molecule has 2 fully saturated rings. The van der Waals surface area contributed by atoms with Gasteiger partial charge in [-0.05, 0) is 49.3 Å². The summed E-state index contributed by atoms with van der Waals surface area (Å²) >= 11 is 0. The molecule has 4 nitrogen and oxygen atoms in total. The number of aryl methyl sites for hydroxylation is 2. The predicted molar refractivity (Wildman–Crippen MR) is 102 cm³/mol. The number of likely N-dealkylation sites (tertiary alicyclic amines) is 1. The van der Waals surface area contributed by atoms with Crippen molar-refractivity contribution in [1.29, 1.82) is 0 Å². The van der Waals surface area contributed by atoms with Crippen molar-refractivity contribution in [1.82, 2.24) is 9.80 Å². The molecule has 2 saturated heterocycles. The fraction of sp³-hybridized carbons (Fsp3) is 0.571. The number of hydrogen-bond acceptors (Lipinski definition) is 3. The zero-order valence-corrected chi connectivity index (χ0v) is 15.5. The van der Waals surface area contributed by atoms with Crippen LogP contribution in [0.15, 0.2) is 24.3 Å². The SMILES string of the molecule is Cc1cccc(C)c1C=CC1CCN(C(=O)CN2CCOCC2)CC1. The molecule has 136 valence electrons. The standard InChI is InChI=1S/C21H30N2O2/c1-17-4-3-5-18(2)20(17)7-6-19-8-10-23(11-9-19)21(24)16-22-12-14-25-15-13-22/h3-7,19H,8-16H2,1-2H3. The Morgan fingerprint density at radius 1 is 1.12 bits per heavy atom. The number of hydrogen-bond donors (Lipinski definition) is 0. The summed E-state index contributed by atoms with van der Waals surface area (Å²) in [6, 6.07) is 6.44. The Morgan fingerprint density at radius 2 is 1.76 bits per heavy atom. The van der Waals surface area contributed by atoms with Crippen LogP contribution in [0.1, 0.15) is 29.5 Å². The van der Waals surface area contributed by atoms with Crippen LogP contribution in [0.5, 0.6) is 0 Å². The number of benzene rings is 1. The van der Waals surface area contributed by atoms with E-state index < -0.39 is 0 Å². The molecule has 0 bridgehead atoms. The highest BCUT2D eigenvalue weighted by Gasteiger charge is 2.23. The number of rotatable bonds is 4. The lowest BCUT2D eigenvalue weighted by molar-refractivity contribution is -0.134. The lowest BCUT2D eigenvalue weighted by atomic mass is 9.94. The lowest BCUT2D eigenvalue weighted by Crippen LogP contribution is -2.46. The summed E-state index contributed by atoms with van der Waals surface area (Å²) in [6.07, 6.45) is 6.76. The van der Waals surface area contributed by atoms with Gasteiger partial charge < -0.3 is 9.64 Å². The van der Waals surface area contributed by atoms with Crippen LogP contribution in [0, 0.1) is 19.8 Å². The summed E-state index contributed by atoms with van der Waals surface area (Å²) in [6.45, 7) is 9.89. The highest BCUT2D eigenvalue weighted by atomic mass is 16.5.